The number of amides is 1. The molecule has 1 heterocycles. The molecule has 162 valence electrons. The predicted molar refractivity (Wildman–Crippen MR) is 112 cm³/mol. The molecule has 3 aromatic rings. The van der Waals surface area contributed by atoms with Gasteiger partial charge >= 0.3 is 0 Å². The van der Waals surface area contributed by atoms with Crippen molar-refractivity contribution in [3.8, 4) is 5.75 Å². The monoisotopic (exact) mass is 446 g/mol. The van der Waals surface area contributed by atoms with Gasteiger partial charge in [0.1, 0.15) is 5.75 Å². The number of benzene rings is 2. The van der Waals surface area contributed by atoms with Gasteiger partial charge in [0.2, 0.25) is 16.0 Å². The summed E-state index contributed by atoms with van der Waals surface area (Å²) in [4.78, 5) is 18.6. The zero-order chi connectivity index (χ0) is 22.6. The molecule has 12 heteroatoms. The van der Waals surface area contributed by atoms with E-state index in [0.717, 1.165) is 6.20 Å². The first-order valence-electron chi connectivity index (χ1n) is 8.83. The van der Waals surface area contributed by atoms with Gasteiger partial charge < -0.3 is 21.1 Å². The quantitative estimate of drug-likeness (QED) is 0.408. The average molecular weight is 446 g/mol. The molecule has 0 radical (unpaired) electrons. The minimum absolute atomic E-state index is 0.0366. The van der Waals surface area contributed by atoms with Crippen molar-refractivity contribution in [1.82, 2.24) is 9.97 Å². The van der Waals surface area contributed by atoms with Gasteiger partial charge in [0.05, 0.1) is 11.1 Å². The lowest BCUT2D eigenvalue weighted by Crippen LogP contribution is -2.19. The number of ether oxygens (including phenoxy) is 1. The molecule has 0 saturated carbocycles. The van der Waals surface area contributed by atoms with Crippen molar-refractivity contribution >= 4 is 39.1 Å². The Bertz CT molecular complexity index is 1220. The summed E-state index contributed by atoms with van der Waals surface area (Å²) in [5.74, 6) is -0.958. The highest BCUT2D eigenvalue weighted by Gasteiger charge is 2.13. The highest BCUT2D eigenvalue weighted by molar-refractivity contribution is 7.89. The summed E-state index contributed by atoms with van der Waals surface area (Å²) >= 11 is 0. The van der Waals surface area contributed by atoms with Crippen molar-refractivity contribution in [2.75, 3.05) is 17.2 Å². The van der Waals surface area contributed by atoms with Gasteiger partial charge in [0.25, 0.3) is 5.91 Å². The third kappa shape index (κ3) is 5.87. The fraction of sp³-hybridized carbons (Fsp3) is 0.105. The summed E-state index contributed by atoms with van der Waals surface area (Å²) in [5.41, 5.74) is 6.37. The third-order valence-corrected chi connectivity index (χ3v) is 5.05. The minimum Gasteiger partial charge on any atom is -0.484 e. The first-order chi connectivity index (χ1) is 14.6. The van der Waals surface area contributed by atoms with E-state index >= 15 is 0 Å². The first kappa shape index (κ1) is 21.9. The first-order valence-corrected chi connectivity index (χ1v) is 10.4. The van der Waals surface area contributed by atoms with Crippen molar-refractivity contribution in [2.45, 2.75) is 11.8 Å². The number of hydrogen-bond acceptors (Lipinski definition) is 8. The van der Waals surface area contributed by atoms with Crippen LogP contribution in [0, 0.1) is 12.7 Å². The molecule has 3 rings (SSSR count). The second-order valence-electron chi connectivity index (χ2n) is 6.44. The number of aromatic nitrogens is 2. The number of carbonyl (C=O) groups is 1. The van der Waals surface area contributed by atoms with Gasteiger partial charge in [0.15, 0.2) is 18.2 Å². The molecule has 0 saturated heterocycles. The molecule has 0 spiro atoms. The summed E-state index contributed by atoms with van der Waals surface area (Å²) in [6.07, 6.45) is 0.969. The molecule has 0 bridgehead atoms. The maximum absolute atomic E-state index is 14.2. The molecule has 0 aliphatic carbocycles. The van der Waals surface area contributed by atoms with Crippen molar-refractivity contribution < 1.29 is 22.3 Å². The number of carbonyl (C=O) groups excluding carboxylic acids is 1. The number of halogens is 1. The second-order valence-corrected chi connectivity index (χ2v) is 7.97. The number of anilines is 4. The van der Waals surface area contributed by atoms with Crippen molar-refractivity contribution in [2.24, 2.45) is 10.9 Å². The summed E-state index contributed by atoms with van der Waals surface area (Å²) in [6, 6.07) is 10.9. The fourth-order valence-corrected chi connectivity index (χ4v) is 3.36. The van der Waals surface area contributed by atoms with Crippen LogP contribution < -0.4 is 26.2 Å². The topological polar surface area (TPSA) is 162 Å². The Hall–Kier alpha value is -3.77. The maximum atomic E-state index is 14.2. The molecule has 1 amide bonds. The van der Waals surface area contributed by atoms with Crippen LogP contribution in [0.15, 0.2) is 53.6 Å². The highest BCUT2D eigenvalue weighted by atomic mass is 32.2. The number of primary amides is 1. The van der Waals surface area contributed by atoms with Crippen molar-refractivity contribution in [3.63, 3.8) is 0 Å². The third-order valence-electron chi connectivity index (χ3n) is 3.99. The lowest BCUT2D eigenvalue weighted by Gasteiger charge is -2.11. The molecule has 2 aromatic carbocycles. The number of aryl methyl sites for hydroxylation is 1. The Morgan fingerprint density at radius 3 is 2.45 bits per heavy atom. The number of hydrogen-bond donors (Lipinski definition) is 4. The number of nitrogens with zero attached hydrogens (tertiary/aromatic N) is 2. The zero-order valence-corrected chi connectivity index (χ0v) is 17.1. The molecule has 6 N–H and O–H groups in total. The van der Waals surface area contributed by atoms with E-state index in [0.29, 0.717) is 22.7 Å². The van der Waals surface area contributed by atoms with Crippen LogP contribution >= 0.6 is 0 Å². The normalized spacial score (nSPS) is 11.1. The fourth-order valence-electron chi connectivity index (χ4n) is 2.55. The number of rotatable bonds is 8. The largest absolute Gasteiger partial charge is 0.484 e. The molecular formula is C19H19FN6O4S. The molecule has 31 heavy (non-hydrogen) atoms. The van der Waals surface area contributed by atoms with E-state index in [-0.39, 0.29) is 23.3 Å². The zero-order valence-electron chi connectivity index (χ0n) is 16.3. The van der Waals surface area contributed by atoms with Gasteiger partial charge in [-0.15, -0.1) is 0 Å². The predicted octanol–water partition coefficient (Wildman–Crippen LogP) is 1.92. The summed E-state index contributed by atoms with van der Waals surface area (Å²) in [6.45, 7) is 1.36. The second kappa shape index (κ2) is 8.93. The van der Waals surface area contributed by atoms with Gasteiger partial charge in [-0.1, -0.05) is 6.07 Å². The van der Waals surface area contributed by atoms with Crippen LogP contribution in [-0.2, 0) is 14.8 Å². The molecule has 1 aromatic heterocycles. The van der Waals surface area contributed by atoms with E-state index in [4.69, 9.17) is 15.6 Å². The maximum Gasteiger partial charge on any atom is 0.255 e. The Morgan fingerprint density at radius 2 is 1.81 bits per heavy atom. The van der Waals surface area contributed by atoms with Crippen molar-refractivity contribution in [3.05, 3.63) is 60.0 Å². The molecule has 0 fully saturated rings. The summed E-state index contributed by atoms with van der Waals surface area (Å²) < 4.78 is 42.7. The van der Waals surface area contributed by atoms with Crippen LogP contribution in [0.5, 0.6) is 5.75 Å². The van der Waals surface area contributed by atoms with E-state index in [1.165, 1.54) is 6.07 Å². The van der Waals surface area contributed by atoms with E-state index in [1.54, 1.807) is 43.3 Å². The number of nitrogens with one attached hydrogen (secondary N) is 2. The van der Waals surface area contributed by atoms with Crippen molar-refractivity contribution in [1.29, 1.82) is 0 Å². The number of sulfonamides is 1. The average Bonchev–Trinajstić information content (AvgIpc) is 2.70. The minimum atomic E-state index is -3.91. The Labute approximate surface area is 177 Å². The smallest absolute Gasteiger partial charge is 0.255 e. The number of nitrogens with two attached hydrogens (primary N) is 2. The van der Waals surface area contributed by atoms with Crippen LogP contribution in [0.3, 0.4) is 0 Å². The van der Waals surface area contributed by atoms with Gasteiger partial charge in [-0.3, -0.25) is 4.79 Å². The van der Waals surface area contributed by atoms with Crippen LogP contribution in [0.1, 0.15) is 5.56 Å². The lowest BCUT2D eigenvalue weighted by atomic mass is 10.2. The van der Waals surface area contributed by atoms with Gasteiger partial charge in [-0.25, -0.2) is 22.9 Å². The molecule has 0 aliphatic rings. The Balaban J connectivity index is 1.77. The van der Waals surface area contributed by atoms with Crippen LogP contribution in [0.2, 0.25) is 0 Å². The SMILES string of the molecule is Cc1ccc(Nc2ncc(F)c(Nc3ccc(OCC(N)=O)cc3)n2)cc1S(N)(=O)=O. The number of primary sulfonamides is 1. The molecule has 10 nitrogen and oxygen atoms in total. The Kier molecular flexibility index (Phi) is 6.32. The van der Waals surface area contributed by atoms with Crippen LogP contribution in [0.25, 0.3) is 0 Å². The summed E-state index contributed by atoms with van der Waals surface area (Å²) in [7, 11) is -3.91. The van der Waals surface area contributed by atoms with E-state index in [2.05, 4.69) is 20.6 Å². The molecule has 0 aliphatic heterocycles. The summed E-state index contributed by atoms with van der Waals surface area (Å²) in [5, 5.41) is 10.8. The van der Waals surface area contributed by atoms with Crippen LogP contribution in [0.4, 0.5) is 27.5 Å². The van der Waals surface area contributed by atoms with Gasteiger partial charge in [0, 0.05) is 11.4 Å². The molecule has 0 atom stereocenters. The van der Waals surface area contributed by atoms with Gasteiger partial charge in [-0.2, -0.15) is 4.98 Å². The van der Waals surface area contributed by atoms with Crippen LogP contribution in [-0.4, -0.2) is 30.9 Å². The standard InChI is InChI=1S/C19H19FN6O4S/c1-11-2-3-13(8-16(11)31(22,28)29)25-19-23-9-15(20)18(26-19)24-12-4-6-14(7-5-12)30-10-17(21)27/h2-9H,10H2,1H3,(H2,21,27)(H2,22,28,29)(H2,23,24,25,26). The van der Waals surface area contributed by atoms with E-state index in [9.17, 15) is 17.6 Å². The molecule has 0 unspecified atom stereocenters. The molecular weight excluding hydrogens is 427 g/mol. The van der Waals surface area contributed by atoms with E-state index in [1.807, 2.05) is 0 Å². The lowest BCUT2D eigenvalue weighted by molar-refractivity contribution is -0.119. The Morgan fingerprint density at radius 1 is 1.13 bits per heavy atom. The highest BCUT2D eigenvalue weighted by Crippen LogP contribution is 2.24. The van der Waals surface area contributed by atoms with E-state index < -0.39 is 21.7 Å². The van der Waals surface area contributed by atoms with Gasteiger partial charge in [-0.05, 0) is 48.9 Å².